The third-order valence-corrected chi connectivity index (χ3v) is 5.13. The third-order valence-electron chi connectivity index (χ3n) is 3.77. The van der Waals surface area contributed by atoms with Crippen LogP contribution in [0.2, 0.25) is 5.02 Å². The molecular weight excluding hydrogens is 370 g/mol. The van der Waals surface area contributed by atoms with Crippen molar-refractivity contribution in [1.29, 1.82) is 0 Å². The molecule has 6 heteroatoms. The second-order valence-corrected chi connectivity index (χ2v) is 7.59. The van der Waals surface area contributed by atoms with Crippen LogP contribution in [0.5, 0.6) is 11.5 Å². The van der Waals surface area contributed by atoms with Crippen LogP contribution >= 0.6 is 22.9 Å². The predicted octanol–water partition coefficient (Wildman–Crippen LogP) is 5.28. The number of halogens is 1. The summed E-state index contributed by atoms with van der Waals surface area (Å²) in [6, 6.07) is 13.2. The summed E-state index contributed by atoms with van der Waals surface area (Å²) < 4.78 is 12.0. The van der Waals surface area contributed by atoms with E-state index in [0.717, 1.165) is 21.4 Å². The molecule has 0 saturated carbocycles. The molecule has 1 N–H and O–H groups in total. The molecule has 1 heterocycles. The van der Waals surface area contributed by atoms with Crippen molar-refractivity contribution in [2.45, 2.75) is 26.5 Å². The van der Waals surface area contributed by atoms with E-state index in [9.17, 15) is 4.79 Å². The zero-order chi connectivity index (χ0) is 18.7. The number of hydrogen-bond acceptors (Lipinski definition) is 4. The molecule has 1 aromatic heterocycles. The van der Waals surface area contributed by atoms with E-state index < -0.39 is 0 Å². The summed E-state index contributed by atoms with van der Waals surface area (Å²) in [7, 11) is 1.57. The Morgan fingerprint density at radius 3 is 2.58 bits per heavy atom. The van der Waals surface area contributed by atoms with Crippen LogP contribution in [0.25, 0.3) is 10.1 Å². The molecule has 0 unspecified atom stereocenters. The van der Waals surface area contributed by atoms with Crippen molar-refractivity contribution in [3.05, 3.63) is 57.9 Å². The number of rotatable bonds is 6. The van der Waals surface area contributed by atoms with Crippen LogP contribution in [0.15, 0.2) is 42.5 Å². The molecule has 2 aromatic carbocycles. The average Bonchev–Trinajstić information content (AvgIpc) is 2.98. The second-order valence-electron chi connectivity index (χ2n) is 6.10. The van der Waals surface area contributed by atoms with Gasteiger partial charge in [0.2, 0.25) is 0 Å². The van der Waals surface area contributed by atoms with Crippen molar-refractivity contribution in [3.8, 4) is 11.5 Å². The van der Waals surface area contributed by atoms with Crippen molar-refractivity contribution in [3.63, 3.8) is 0 Å². The Labute approximate surface area is 161 Å². The Morgan fingerprint density at radius 2 is 1.92 bits per heavy atom. The minimum absolute atomic E-state index is 0.134. The number of hydrogen-bond donors (Lipinski definition) is 1. The van der Waals surface area contributed by atoms with Gasteiger partial charge in [-0.1, -0.05) is 23.7 Å². The lowest BCUT2D eigenvalue weighted by Gasteiger charge is -2.10. The lowest BCUT2D eigenvalue weighted by Crippen LogP contribution is -2.22. The van der Waals surface area contributed by atoms with E-state index in [1.807, 2.05) is 50.2 Å². The minimum atomic E-state index is -0.165. The van der Waals surface area contributed by atoms with Crippen molar-refractivity contribution >= 4 is 38.9 Å². The van der Waals surface area contributed by atoms with Gasteiger partial charge in [-0.05, 0) is 49.7 Å². The summed E-state index contributed by atoms with van der Waals surface area (Å²) in [4.78, 5) is 13.2. The standard InChI is InChI=1S/C20H20ClNO3S/c1-12(2)25-15-7-4-13(5-8-15)11-22-20(23)19-18(24-3)16-9-6-14(21)10-17(16)26-19/h4-10,12H,11H2,1-3H3,(H,22,23). The van der Waals surface area contributed by atoms with E-state index in [-0.39, 0.29) is 12.0 Å². The van der Waals surface area contributed by atoms with E-state index in [1.54, 1.807) is 13.2 Å². The van der Waals surface area contributed by atoms with Crippen LogP contribution in [0.1, 0.15) is 29.1 Å². The highest BCUT2D eigenvalue weighted by atomic mass is 35.5. The van der Waals surface area contributed by atoms with Gasteiger partial charge >= 0.3 is 0 Å². The Morgan fingerprint density at radius 1 is 1.19 bits per heavy atom. The first-order valence-electron chi connectivity index (χ1n) is 8.27. The topological polar surface area (TPSA) is 47.6 Å². The lowest BCUT2D eigenvalue weighted by molar-refractivity contribution is 0.0952. The summed E-state index contributed by atoms with van der Waals surface area (Å²) in [5, 5.41) is 4.47. The average molecular weight is 390 g/mol. The third kappa shape index (κ3) is 4.11. The highest BCUT2D eigenvalue weighted by Crippen LogP contribution is 2.38. The lowest BCUT2D eigenvalue weighted by atomic mass is 10.2. The van der Waals surface area contributed by atoms with Crippen LogP contribution < -0.4 is 14.8 Å². The van der Waals surface area contributed by atoms with Gasteiger partial charge in [-0.2, -0.15) is 0 Å². The second kappa shape index (κ2) is 7.98. The van der Waals surface area contributed by atoms with Gasteiger partial charge < -0.3 is 14.8 Å². The number of carbonyl (C=O) groups excluding carboxylic acids is 1. The van der Waals surface area contributed by atoms with Crippen LogP contribution in [-0.2, 0) is 6.54 Å². The Bertz CT molecular complexity index is 919. The number of benzene rings is 2. The number of ether oxygens (including phenoxy) is 2. The van der Waals surface area contributed by atoms with Crippen LogP contribution in [0.4, 0.5) is 0 Å². The molecule has 0 spiro atoms. The van der Waals surface area contributed by atoms with E-state index in [4.69, 9.17) is 21.1 Å². The van der Waals surface area contributed by atoms with Crippen molar-refractivity contribution < 1.29 is 14.3 Å². The number of fused-ring (bicyclic) bond motifs is 1. The number of methoxy groups -OCH3 is 1. The smallest absolute Gasteiger partial charge is 0.265 e. The van der Waals surface area contributed by atoms with Gasteiger partial charge in [0.05, 0.1) is 13.2 Å². The first-order chi connectivity index (χ1) is 12.5. The van der Waals surface area contributed by atoms with E-state index in [1.165, 1.54) is 11.3 Å². The van der Waals surface area contributed by atoms with Crippen LogP contribution in [0.3, 0.4) is 0 Å². The molecule has 0 fully saturated rings. The number of amides is 1. The molecule has 3 rings (SSSR count). The highest BCUT2D eigenvalue weighted by Gasteiger charge is 2.19. The molecule has 0 atom stereocenters. The Kier molecular flexibility index (Phi) is 5.69. The van der Waals surface area contributed by atoms with Crippen LogP contribution in [-0.4, -0.2) is 19.1 Å². The number of carbonyl (C=O) groups is 1. The molecule has 4 nitrogen and oxygen atoms in total. The van der Waals surface area contributed by atoms with E-state index in [0.29, 0.717) is 22.2 Å². The molecule has 0 aliphatic heterocycles. The van der Waals surface area contributed by atoms with Gasteiger partial charge in [0.1, 0.15) is 16.4 Å². The highest BCUT2D eigenvalue weighted by molar-refractivity contribution is 7.21. The van der Waals surface area contributed by atoms with Gasteiger partial charge in [-0.15, -0.1) is 11.3 Å². The van der Waals surface area contributed by atoms with Gasteiger partial charge in [0, 0.05) is 21.7 Å². The van der Waals surface area contributed by atoms with Crippen molar-refractivity contribution in [1.82, 2.24) is 5.32 Å². The van der Waals surface area contributed by atoms with E-state index >= 15 is 0 Å². The summed E-state index contributed by atoms with van der Waals surface area (Å²) in [5.74, 6) is 1.24. The first-order valence-corrected chi connectivity index (χ1v) is 9.47. The van der Waals surface area contributed by atoms with E-state index in [2.05, 4.69) is 5.32 Å². The first kappa shape index (κ1) is 18.5. The van der Waals surface area contributed by atoms with Gasteiger partial charge in [-0.3, -0.25) is 4.79 Å². The minimum Gasteiger partial charge on any atom is -0.494 e. The quantitative estimate of drug-likeness (QED) is 0.623. The SMILES string of the molecule is COc1c(C(=O)NCc2ccc(OC(C)C)cc2)sc2cc(Cl)ccc12. The molecule has 0 radical (unpaired) electrons. The number of nitrogens with one attached hydrogen (secondary N) is 1. The van der Waals surface area contributed by atoms with Gasteiger partial charge in [-0.25, -0.2) is 0 Å². The number of thiophene rings is 1. The summed E-state index contributed by atoms with van der Waals surface area (Å²) in [6.07, 6.45) is 0.134. The molecule has 136 valence electrons. The molecule has 0 bridgehead atoms. The summed E-state index contributed by atoms with van der Waals surface area (Å²) in [5.41, 5.74) is 0.998. The molecule has 0 aliphatic rings. The maximum Gasteiger partial charge on any atom is 0.265 e. The van der Waals surface area contributed by atoms with Crippen LogP contribution in [0, 0.1) is 0 Å². The molecule has 1 amide bonds. The van der Waals surface area contributed by atoms with Crippen molar-refractivity contribution in [2.24, 2.45) is 0 Å². The molecule has 26 heavy (non-hydrogen) atoms. The van der Waals surface area contributed by atoms with Gasteiger partial charge in [0.25, 0.3) is 5.91 Å². The fraction of sp³-hybridized carbons (Fsp3) is 0.250. The zero-order valence-electron chi connectivity index (χ0n) is 14.8. The Hall–Kier alpha value is -2.24. The molecule has 0 saturated heterocycles. The molecular formula is C20H20ClNO3S. The monoisotopic (exact) mass is 389 g/mol. The molecule has 3 aromatic rings. The van der Waals surface area contributed by atoms with Gasteiger partial charge in [0.15, 0.2) is 0 Å². The zero-order valence-corrected chi connectivity index (χ0v) is 16.4. The maximum atomic E-state index is 12.6. The largest absolute Gasteiger partial charge is 0.494 e. The summed E-state index contributed by atoms with van der Waals surface area (Å²) >= 11 is 7.42. The Balaban J connectivity index is 1.73. The normalized spacial score (nSPS) is 11.0. The fourth-order valence-corrected chi connectivity index (χ4v) is 3.98. The fourth-order valence-electron chi connectivity index (χ4n) is 2.62. The summed E-state index contributed by atoms with van der Waals surface area (Å²) in [6.45, 7) is 4.40. The maximum absolute atomic E-state index is 12.6. The van der Waals surface area contributed by atoms with Crippen molar-refractivity contribution in [2.75, 3.05) is 7.11 Å². The molecule has 0 aliphatic carbocycles. The predicted molar refractivity (Wildman–Crippen MR) is 107 cm³/mol.